The van der Waals surface area contributed by atoms with Crippen LogP contribution in [0.5, 0.6) is 0 Å². The monoisotopic (exact) mass is 402 g/mol. The normalized spacial score (nSPS) is 11.8. The summed E-state index contributed by atoms with van der Waals surface area (Å²) in [5.41, 5.74) is 0.321. The fourth-order valence-electron chi connectivity index (χ4n) is 1.99. The van der Waals surface area contributed by atoms with Crippen molar-refractivity contribution < 1.29 is 30.2 Å². The number of urea groups is 1. The zero-order valence-electron chi connectivity index (χ0n) is 13.0. The van der Waals surface area contributed by atoms with Gasteiger partial charge in [0.05, 0.1) is 11.4 Å². The topological polar surface area (TPSA) is 162 Å². The van der Waals surface area contributed by atoms with Crippen molar-refractivity contribution in [2.24, 2.45) is 11.8 Å². The van der Waals surface area contributed by atoms with Crippen LogP contribution in [0.15, 0.2) is 60.7 Å². The molecular weight excluding hydrogens is 388 g/mol. The van der Waals surface area contributed by atoms with Gasteiger partial charge in [0.25, 0.3) is 0 Å². The van der Waals surface area contributed by atoms with Crippen LogP contribution < -0.4 is 16.7 Å². The lowest BCUT2D eigenvalue weighted by Gasteiger charge is -2.27. The smallest absolute Gasteiger partial charge is 0.261 e. The van der Waals surface area contributed by atoms with E-state index in [0.717, 1.165) is 4.90 Å². The van der Waals surface area contributed by atoms with Crippen molar-refractivity contribution in [1.29, 1.82) is 0 Å². The Hall–Kier alpha value is -2.55. The van der Waals surface area contributed by atoms with Crippen LogP contribution in [0, 0.1) is 0 Å². The van der Waals surface area contributed by atoms with Gasteiger partial charge in [0, 0.05) is 0 Å². The number of hydrogen-bond donors (Lipinski definition) is 2. The van der Waals surface area contributed by atoms with E-state index in [1.165, 1.54) is 24.3 Å². The van der Waals surface area contributed by atoms with Gasteiger partial charge in [0.2, 0.25) is 0 Å². The third kappa shape index (κ3) is 3.98. The molecule has 0 radical (unpaired) electrons. The summed E-state index contributed by atoms with van der Waals surface area (Å²) in [5, 5.41) is 0. The second kappa shape index (κ2) is 7.77. The zero-order chi connectivity index (χ0) is 19.4. The maximum Gasteiger partial charge on any atom is 0.397 e. The van der Waals surface area contributed by atoms with E-state index in [1.54, 1.807) is 36.4 Å². The first-order chi connectivity index (χ1) is 12.2. The molecule has 0 spiro atoms. The molecule has 0 aliphatic carbocycles. The maximum absolute atomic E-state index is 12.9. The molecule has 0 fully saturated rings. The Kier molecular flexibility index (Phi) is 5.91. The Morgan fingerprint density at radius 2 is 1.08 bits per heavy atom. The fraction of sp³-hybridized carbons (Fsp3) is 0. The highest BCUT2D eigenvalue weighted by Crippen LogP contribution is 2.28. The minimum Gasteiger partial charge on any atom is -0.261 e. The molecule has 0 bridgehead atoms. The van der Waals surface area contributed by atoms with Gasteiger partial charge in [-0.15, -0.1) is 0 Å². The van der Waals surface area contributed by atoms with Crippen molar-refractivity contribution in [3.8, 4) is 0 Å². The van der Waals surface area contributed by atoms with Crippen molar-refractivity contribution in [2.75, 3.05) is 4.90 Å². The van der Waals surface area contributed by atoms with Gasteiger partial charge in [-0.2, -0.15) is 37.2 Å². The molecule has 0 aromatic heterocycles. The highest BCUT2D eigenvalue weighted by molar-refractivity contribution is 8.00. The molecule has 11 nitrogen and oxygen atoms in total. The average Bonchev–Trinajstić information content (AvgIpc) is 2.63. The van der Waals surface area contributed by atoms with E-state index in [2.05, 4.69) is 20.4 Å². The summed E-state index contributed by atoms with van der Waals surface area (Å²) in [6, 6.07) is 13.8. The number of nitrogens with two attached hydrogens (primary N) is 2. The quantitative estimate of drug-likeness (QED) is 0.656. The summed E-state index contributed by atoms with van der Waals surface area (Å²) in [6.45, 7) is 0. The van der Waals surface area contributed by atoms with Crippen LogP contribution in [0.4, 0.5) is 16.2 Å². The number of anilines is 2. The molecule has 4 N–H and O–H groups in total. The average molecular weight is 402 g/mol. The Morgan fingerprint density at radius 3 is 1.38 bits per heavy atom. The lowest BCUT2D eigenvalue weighted by atomic mass is 10.2. The molecule has 0 heterocycles. The number of hydrogen-bond acceptors (Lipinski definition) is 9. The van der Waals surface area contributed by atoms with E-state index < -0.39 is 30.3 Å². The van der Waals surface area contributed by atoms with Gasteiger partial charge in [0.15, 0.2) is 0 Å². The summed E-state index contributed by atoms with van der Waals surface area (Å²) in [6.07, 6.45) is 0. The largest absolute Gasteiger partial charge is 0.397 e. The van der Waals surface area contributed by atoms with Crippen molar-refractivity contribution in [3.05, 3.63) is 60.7 Å². The Morgan fingerprint density at radius 1 is 0.731 bits per heavy atom. The number of carbonyl (C=O) groups excluding carboxylic acids is 1. The zero-order valence-corrected chi connectivity index (χ0v) is 14.6. The Labute approximate surface area is 149 Å². The van der Waals surface area contributed by atoms with Crippen LogP contribution in [-0.4, -0.2) is 26.6 Å². The van der Waals surface area contributed by atoms with Crippen LogP contribution >= 0.6 is 0 Å². The molecular formula is C13H14N4O7S2. The standard InChI is InChI=1S/C13H14N4O7S2/c14-23-25(19,20)17(26(21,22)24-15)13(18)16(11-7-3-1-4-8-11)12-9-5-2-6-10-12/h1-10H,14-15H2. The number of para-hydroxylation sites is 2. The highest BCUT2D eigenvalue weighted by Gasteiger charge is 2.44. The molecule has 0 atom stereocenters. The van der Waals surface area contributed by atoms with E-state index in [-0.39, 0.29) is 11.4 Å². The van der Waals surface area contributed by atoms with Gasteiger partial charge >= 0.3 is 26.6 Å². The van der Waals surface area contributed by atoms with Gasteiger partial charge in [-0.25, -0.2) is 4.79 Å². The summed E-state index contributed by atoms with van der Waals surface area (Å²) in [4.78, 5) is 13.7. The molecule has 0 aliphatic heterocycles. The molecule has 26 heavy (non-hydrogen) atoms. The number of benzene rings is 2. The van der Waals surface area contributed by atoms with Gasteiger partial charge in [0.1, 0.15) is 0 Å². The van der Waals surface area contributed by atoms with Crippen molar-refractivity contribution in [1.82, 2.24) is 3.71 Å². The van der Waals surface area contributed by atoms with Crippen LogP contribution in [0.25, 0.3) is 0 Å². The summed E-state index contributed by atoms with van der Waals surface area (Å²) < 4.78 is 54.4. The minimum atomic E-state index is -5.26. The fourth-order valence-corrected chi connectivity index (χ4v) is 3.79. The summed E-state index contributed by atoms with van der Waals surface area (Å²) in [7, 11) is -10.5. The molecule has 0 saturated carbocycles. The molecule has 2 aromatic carbocycles. The van der Waals surface area contributed by atoms with Crippen molar-refractivity contribution in [2.45, 2.75) is 0 Å². The minimum absolute atomic E-state index is 0.160. The third-order valence-corrected chi connectivity index (χ3v) is 5.73. The number of carbonyl (C=O) groups is 1. The van der Waals surface area contributed by atoms with E-state index in [0.29, 0.717) is 0 Å². The summed E-state index contributed by atoms with van der Waals surface area (Å²) in [5.74, 6) is 9.23. The SMILES string of the molecule is NOS(=O)(=O)N(C(=O)N(c1ccccc1)c1ccccc1)S(=O)(=O)ON. The Bertz CT molecular complexity index is 893. The molecule has 140 valence electrons. The third-order valence-electron chi connectivity index (χ3n) is 3.03. The first kappa shape index (κ1) is 19.8. The van der Waals surface area contributed by atoms with E-state index in [1.807, 2.05) is 0 Å². The second-order valence-electron chi connectivity index (χ2n) is 4.59. The van der Waals surface area contributed by atoms with E-state index in [4.69, 9.17) is 0 Å². The van der Waals surface area contributed by atoms with Crippen LogP contribution in [-0.2, 0) is 29.2 Å². The highest BCUT2D eigenvalue weighted by atomic mass is 32.3. The lowest BCUT2D eigenvalue weighted by molar-refractivity contribution is 0.229. The van der Waals surface area contributed by atoms with Crippen molar-refractivity contribution in [3.63, 3.8) is 0 Å². The van der Waals surface area contributed by atoms with Gasteiger partial charge < -0.3 is 0 Å². The second-order valence-corrected chi connectivity index (χ2v) is 7.65. The number of nitrogens with zero attached hydrogens (tertiary/aromatic N) is 2. The molecule has 2 amide bonds. The molecule has 0 aliphatic rings. The van der Waals surface area contributed by atoms with Crippen LogP contribution in [0.2, 0.25) is 0 Å². The Balaban J connectivity index is 2.68. The number of amides is 2. The van der Waals surface area contributed by atoms with E-state index >= 15 is 0 Å². The summed E-state index contributed by atoms with van der Waals surface area (Å²) >= 11 is 0. The maximum atomic E-state index is 12.9. The van der Waals surface area contributed by atoms with Crippen LogP contribution in [0.3, 0.4) is 0 Å². The number of rotatable bonds is 6. The first-order valence-electron chi connectivity index (χ1n) is 6.76. The van der Waals surface area contributed by atoms with Crippen molar-refractivity contribution >= 4 is 38.0 Å². The molecule has 13 heteroatoms. The molecule has 0 unspecified atom stereocenters. The lowest BCUT2D eigenvalue weighted by Crippen LogP contribution is -2.50. The molecule has 2 rings (SSSR count). The molecule has 0 saturated heterocycles. The van der Waals surface area contributed by atoms with E-state index in [9.17, 15) is 21.6 Å². The van der Waals surface area contributed by atoms with Gasteiger partial charge in [-0.05, 0) is 24.3 Å². The molecule has 2 aromatic rings. The van der Waals surface area contributed by atoms with Gasteiger partial charge in [-0.3, -0.25) is 4.90 Å². The predicted octanol–water partition coefficient (Wildman–Crippen LogP) is 0.517. The first-order valence-corrected chi connectivity index (χ1v) is 9.49. The van der Waals surface area contributed by atoms with Crippen LogP contribution in [0.1, 0.15) is 0 Å². The van der Waals surface area contributed by atoms with Gasteiger partial charge in [-0.1, -0.05) is 40.1 Å². The predicted molar refractivity (Wildman–Crippen MR) is 90.6 cm³/mol.